The van der Waals surface area contributed by atoms with E-state index >= 15 is 0 Å². The molecule has 1 fully saturated rings. The fourth-order valence-corrected chi connectivity index (χ4v) is 3.27. The Bertz CT molecular complexity index is 1110. The topological polar surface area (TPSA) is 71.4 Å². The quantitative estimate of drug-likeness (QED) is 0.528. The molecule has 3 heterocycles. The Labute approximate surface area is 159 Å². The number of nitrogens with one attached hydrogen (secondary N) is 2. The first kappa shape index (κ1) is 16.3. The first-order chi connectivity index (χ1) is 13.2. The third-order valence-corrected chi connectivity index (χ3v) is 4.96. The molecule has 0 saturated heterocycles. The van der Waals surface area contributed by atoms with Gasteiger partial charge in [-0.2, -0.15) is 5.10 Å². The van der Waals surface area contributed by atoms with Gasteiger partial charge < -0.3 is 9.88 Å². The van der Waals surface area contributed by atoms with Crippen molar-refractivity contribution < 1.29 is 4.39 Å². The Kier molecular flexibility index (Phi) is 3.82. The van der Waals surface area contributed by atoms with Gasteiger partial charge in [-0.15, -0.1) is 0 Å². The van der Waals surface area contributed by atoms with Crippen LogP contribution in [0.2, 0.25) is 5.02 Å². The van der Waals surface area contributed by atoms with Gasteiger partial charge in [-0.25, -0.2) is 14.4 Å². The molecule has 1 saturated carbocycles. The van der Waals surface area contributed by atoms with E-state index in [0.717, 1.165) is 11.3 Å². The second-order valence-electron chi connectivity index (χ2n) is 6.77. The maximum atomic E-state index is 13.1. The number of pyridine rings is 1. The molecular weight excluding hydrogens is 367 g/mol. The zero-order valence-corrected chi connectivity index (χ0v) is 15.0. The minimum Gasteiger partial charge on any atom is -0.322 e. The van der Waals surface area contributed by atoms with Gasteiger partial charge in [0, 0.05) is 17.7 Å². The van der Waals surface area contributed by atoms with Crippen molar-refractivity contribution in [2.24, 2.45) is 0 Å². The zero-order chi connectivity index (χ0) is 18.4. The molecule has 2 N–H and O–H groups in total. The third-order valence-electron chi connectivity index (χ3n) is 4.67. The Morgan fingerprint density at radius 3 is 2.81 bits per heavy atom. The molecule has 0 aliphatic heterocycles. The van der Waals surface area contributed by atoms with Crippen LogP contribution in [0, 0.1) is 5.82 Å². The number of hydrogen-bond donors (Lipinski definition) is 2. The number of nitrogens with zero attached hydrogens (tertiary/aromatic N) is 4. The van der Waals surface area contributed by atoms with Crippen molar-refractivity contribution in [3.8, 4) is 0 Å². The number of hydrogen-bond acceptors (Lipinski definition) is 4. The fraction of sp³-hybridized carbons (Fsp3) is 0.211. The molecule has 0 bridgehead atoms. The molecule has 1 aliphatic carbocycles. The maximum absolute atomic E-state index is 13.1. The summed E-state index contributed by atoms with van der Waals surface area (Å²) in [5.41, 5.74) is 3.50. The van der Waals surface area contributed by atoms with Crippen LogP contribution in [0.4, 0.5) is 16.0 Å². The van der Waals surface area contributed by atoms with Crippen LogP contribution in [-0.4, -0.2) is 24.7 Å². The van der Waals surface area contributed by atoms with Crippen LogP contribution >= 0.6 is 11.6 Å². The van der Waals surface area contributed by atoms with Crippen molar-refractivity contribution in [2.75, 3.05) is 5.32 Å². The Morgan fingerprint density at radius 1 is 1.22 bits per heavy atom. The van der Waals surface area contributed by atoms with Crippen LogP contribution in [-0.2, 0) is 6.54 Å². The lowest BCUT2D eigenvalue weighted by molar-refractivity contribution is 0.626. The Balaban J connectivity index is 1.45. The van der Waals surface area contributed by atoms with Crippen LogP contribution in [0.5, 0.6) is 0 Å². The highest BCUT2D eigenvalue weighted by Gasteiger charge is 2.25. The van der Waals surface area contributed by atoms with Crippen LogP contribution in [0.15, 0.2) is 42.7 Å². The van der Waals surface area contributed by atoms with Crippen molar-refractivity contribution in [1.29, 1.82) is 0 Å². The second-order valence-corrected chi connectivity index (χ2v) is 7.18. The minimum atomic E-state index is -0.254. The van der Waals surface area contributed by atoms with E-state index in [1.165, 1.54) is 25.0 Å². The van der Waals surface area contributed by atoms with Crippen LogP contribution < -0.4 is 5.32 Å². The molecule has 0 radical (unpaired) electrons. The van der Waals surface area contributed by atoms with Crippen molar-refractivity contribution in [3.05, 3.63) is 64.8 Å². The molecule has 1 aromatic carbocycles. The first-order valence-electron chi connectivity index (χ1n) is 8.74. The van der Waals surface area contributed by atoms with Gasteiger partial charge in [0.2, 0.25) is 0 Å². The molecule has 8 heteroatoms. The summed E-state index contributed by atoms with van der Waals surface area (Å²) >= 11 is 6.37. The van der Waals surface area contributed by atoms with E-state index in [9.17, 15) is 4.39 Å². The third kappa shape index (κ3) is 3.26. The number of benzene rings is 1. The molecule has 0 spiro atoms. The van der Waals surface area contributed by atoms with Gasteiger partial charge in [-0.3, -0.25) is 5.10 Å². The molecule has 1 aliphatic rings. The molecule has 5 rings (SSSR count). The van der Waals surface area contributed by atoms with Gasteiger partial charge in [0.05, 0.1) is 17.9 Å². The predicted molar refractivity (Wildman–Crippen MR) is 102 cm³/mol. The largest absolute Gasteiger partial charge is 0.322 e. The number of halogens is 2. The summed E-state index contributed by atoms with van der Waals surface area (Å²) < 4.78 is 15.0. The van der Waals surface area contributed by atoms with Crippen molar-refractivity contribution in [3.63, 3.8) is 0 Å². The maximum Gasteiger partial charge on any atom is 0.162 e. The van der Waals surface area contributed by atoms with E-state index in [-0.39, 0.29) is 5.82 Å². The number of rotatable bonds is 5. The number of anilines is 2. The van der Waals surface area contributed by atoms with Crippen LogP contribution in [0.1, 0.15) is 30.0 Å². The van der Waals surface area contributed by atoms with Gasteiger partial charge in [0.25, 0.3) is 0 Å². The molecule has 27 heavy (non-hydrogen) atoms. The summed E-state index contributed by atoms with van der Waals surface area (Å²) in [5.74, 6) is 1.56. The minimum absolute atomic E-state index is 0.254. The van der Waals surface area contributed by atoms with Crippen LogP contribution in [0.3, 0.4) is 0 Å². The van der Waals surface area contributed by atoms with E-state index in [4.69, 9.17) is 11.6 Å². The van der Waals surface area contributed by atoms with Gasteiger partial charge in [0.15, 0.2) is 17.3 Å². The number of aromatic amines is 1. The summed E-state index contributed by atoms with van der Waals surface area (Å²) in [6, 6.07) is 10.2. The lowest BCUT2D eigenvalue weighted by Gasteiger charge is -2.07. The lowest BCUT2D eigenvalue weighted by Crippen LogP contribution is -2.01. The normalized spacial score (nSPS) is 14.0. The van der Waals surface area contributed by atoms with Gasteiger partial charge in [-0.1, -0.05) is 23.7 Å². The molecule has 0 amide bonds. The average molecular weight is 383 g/mol. The van der Waals surface area contributed by atoms with E-state index in [1.54, 1.807) is 24.5 Å². The molecule has 6 nitrogen and oxygen atoms in total. The monoisotopic (exact) mass is 382 g/mol. The SMILES string of the molecule is Fc1ccc(Cn2cnc3cc(Cl)c(Nc4cc(C5CC5)[nH]n4)nc32)cc1. The second kappa shape index (κ2) is 6.35. The summed E-state index contributed by atoms with van der Waals surface area (Å²) in [4.78, 5) is 9.01. The highest BCUT2D eigenvalue weighted by Crippen LogP contribution is 2.39. The summed E-state index contributed by atoms with van der Waals surface area (Å²) in [5, 5.41) is 11.0. The Morgan fingerprint density at radius 2 is 2.04 bits per heavy atom. The highest BCUT2D eigenvalue weighted by molar-refractivity contribution is 6.33. The fourth-order valence-electron chi connectivity index (χ4n) is 3.08. The summed E-state index contributed by atoms with van der Waals surface area (Å²) in [6.07, 6.45) is 4.12. The molecule has 3 aromatic heterocycles. The average Bonchev–Trinajstić information content (AvgIpc) is 3.30. The Hall–Kier alpha value is -2.93. The molecule has 4 aromatic rings. The van der Waals surface area contributed by atoms with Crippen molar-refractivity contribution in [2.45, 2.75) is 25.3 Å². The predicted octanol–water partition coefficient (Wildman–Crippen LogP) is 4.62. The number of H-pyrrole nitrogens is 1. The van der Waals surface area contributed by atoms with Gasteiger partial charge in [0.1, 0.15) is 11.3 Å². The zero-order valence-electron chi connectivity index (χ0n) is 14.3. The van der Waals surface area contributed by atoms with E-state index in [2.05, 4.69) is 25.5 Å². The summed E-state index contributed by atoms with van der Waals surface area (Å²) in [7, 11) is 0. The smallest absolute Gasteiger partial charge is 0.162 e. The molecule has 136 valence electrons. The van der Waals surface area contributed by atoms with E-state index < -0.39 is 0 Å². The van der Waals surface area contributed by atoms with E-state index in [1.807, 2.05) is 10.6 Å². The number of aromatic nitrogens is 5. The number of fused-ring (bicyclic) bond motifs is 1. The first-order valence-corrected chi connectivity index (χ1v) is 9.11. The van der Waals surface area contributed by atoms with Gasteiger partial charge >= 0.3 is 0 Å². The highest BCUT2D eigenvalue weighted by atomic mass is 35.5. The molecular formula is C19H16ClFN6. The standard InChI is InChI=1S/C19H16ClFN6/c20-14-7-16-19(27(10-22-16)9-11-1-5-13(21)6-2-11)24-18(14)23-17-8-15(25-26-17)12-3-4-12/h1-2,5-8,10,12H,3-4,9H2,(H2,23,24,25,26). The van der Waals surface area contributed by atoms with Crippen molar-refractivity contribution >= 4 is 34.4 Å². The number of imidazole rings is 1. The summed E-state index contributed by atoms with van der Waals surface area (Å²) in [6.45, 7) is 0.541. The van der Waals surface area contributed by atoms with Crippen LogP contribution in [0.25, 0.3) is 11.2 Å². The van der Waals surface area contributed by atoms with Crippen molar-refractivity contribution in [1.82, 2.24) is 24.7 Å². The molecule has 0 atom stereocenters. The van der Waals surface area contributed by atoms with E-state index in [0.29, 0.717) is 40.3 Å². The molecule has 0 unspecified atom stereocenters. The van der Waals surface area contributed by atoms with Gasteiger partial charge in [-0.05, 0) is 36.6 Å². The lowest BCUT2D eigenvalue weighted by atomic mass is 10.2.